The largest absolute Gasteiger partial charge is 0.303 e. The van der Waals surface area contributed by atoms with Crippen LogP contribution in [-0.2, 0) is 0 Å². The molecule has 0 N–H and O–H groups in total. The van der Waals surface area contributed by atoms with Crippen LogP contribution in [0.4, 0.5) is 43.9 Å². The summed E-state index contributed by atoms with van der Waals surface area (Å²) < 4.78 is 131. The second-order valence-electron chi connectivity index (χ2n) is 8.18. The molecule has 0 heterocycles. The predicted molar refractivity (Wildman–Crippen MR) is 120 cm³/mol. The van der Waals surface area contributed by atoms with Crippen molar-refractivity contribution in [3.05, 3.63) is 58.2 Å². The Hall–Kier alpha value is -2.24. The van der Waals surface area contributed by atoms with Gasteiger partial charge < -0.3 is 4.90 Å². The quantitative estimate of drug-likeness (QED) is 0.146. The zero-order chi connectivity index (χ0) is 27.6. The van der Waals surface area contributed by atoms with Crippen molar-refractivity contribution in [1.29, 1.82) is 0 Å². The van der Waals surface area contributed by atoms with E-state index in [1.807, 2.05) is 0 Å². The lowest BCUT2D eigenvalue weighted by Crippen LogP contribution is -2.39. The average molecular weight is 531 g/mol. The molecule has 2 aromatic rings. The highest BCUT2D eigenvalue weighted by Crippen LogP contribution is 2.18. The van der Waals surface area contributed by atoms with Crippen molar-refractivity contribution in [3.8, 4) is 0 Å². The summed E-state index contributed by atoms with van der Waals surface area (Å²) in [5.74, 6) is -24.5. The second-order valence-corrected chi connectivity index (χ2v) is 8.18. The number of nitrogens with zero attached hydrogens (tertiary/aromatic N) is 1. The molecule has 202 valence electrons. The third-order valence-corrected chi connectivity index (χ3v) is 5.44. The third-order valence-electron chi connectivity index (χ3n) is 5.44. The molecule has 0 atom stereocenters. The Labute approximate surface area is 204 Å². The number of benzene rings is 2. The lowest BCUT2D eigenvalue weighted by molar-refractivity contribution is 0.261. The molecule has 0 radical (unpaired) electrons. The van der Waals surface area contributed by atoms with Crippen molar-refractivity contribution < 1.29 is 43.9 Å². The zero-order valence-corrected chi connectivity index (χ0v) is 20.3. The van der Waals surface area contributed by atoms with E-state index in [0.717, 1.165) is 0 Å². The Bertz CT molecular complexity index is 871. The van der Waals surface area contributed by atoms with E-state index in [0.29, 0.717) is 0 Å². The molecular formula is C24H28BF10N. The highest BCUT2D eigenvalue weighted by molar-refractivity contribution is 6.67. The minimum atomic E-state index is -2.53. The number of hydrogen-bond acceptors (Lipinski definition) is 1. The molecule has 0 saturated heterocycles. The summed E-state index contributed by atoms with van der Waals surface area (Å²) in [6.45, 7) is 10.8. The SMILES string of the molecule is CCCCN(CCCC)CCCC.Fc1c(F)c(F)c(Bc2c(F)c(F)c(F)c(F)c2F)c(F)c1F. The van der Waals surface area contributed by atoms with Crippen LogP contribution in [0.25, 0.3) is 0 Å². The zero-order valence-electron chi connectivity index (χ0n) is 20.3. The Morgan fingerprint density at radius 3 is 0.861 bits per heavy atom. The number of unbranched alkanes of at least 4 members (excludes halogenated alkanes) is 3. The van der Waals surface area contributed by atoms with Gasteiger partial charge in [-0.3, -0.25) is 0 Å². The van der Waals surface area contributed by atoms with Crippen LogP contribution in [0.15, 0.2) is 0 Å². The summed E-state index contributed by atoms with van der Waals surface area (Å²) in [5.41, 5.74) is -3.46. The van der Waals surface area contributed by atoms with Crippen LogP contribution >= 0.6 is 0 Å². The van der Waals surface area contributed by atoms with E-state index in [2.05, 4.69) is 25.7 Å². The molecule has 0 aliphatic rings. The fourth-order valence-electron chi connectivity index (χ4n) is 3.27. The summed E-state index contributed by atoms with van der Waals surface area (Å²) in [6.07, 6.45) is 8.09. The highest BCUT2D eigenvalue weighted by atomic mass is 19.2. The van der Waals surface area contributed by atoms with E-state index in [9.17, 15) is 43.9 Å². The van der Waals surface area contributed by atoms with Crippen LogP contribution in [0.3, 0.4) is 0 Å². The van der Waals surface area contributed by atoms with Crippen molar-refractivity contribution >= 4 is 18.2 Å². The van der Waals surface area contributed by atoms with E-state index in [1.54, 1.807) is 0 Å². The molecule has 0 spiro atoms. The Morgan fingerprint density at radius 2 is 0.639 bits per heavy atom. The topological polar surface area (TPSA) is 3.24 Å². The van der Waals surface area contributed by atoms with Crippen LogP contribution < -0.4 is 10.9 Å². The number of halogens is 10. The normalized spacial score (nSPS) is 11.1. The van der Waals surface area contributed by atoms with Gasteiger partial charge in [0, 0.05) is 0 Å². The number of rotatable bonds is 11. The second kappa shape index (κ2) is 15.1. The molecule has 0 bridgehead atoms. The average Bonchev–Trinajstić information content (AvgIpc) is 2.88. The van der Waals surface area contributed by atoms with Crippen LogP contribution in [0, 0.1) is 58.2 Å². The summed E-state index contributed by atoms with van der Waals surface area (Å²) in [6, 6.07) is 0. The lowest BCUT2D eigenvalue weighted by Gasteiger charge is -2.21. The van der Waals surface area contributed by atoms with E-state index < -0.39 is 76.4 Å². The highest BCUT2D eigenvalue weighted by Gasteiger charge is 2.31. The third kappa shape index (κ3) is 7.88. The molecule has 12 heteroatoms. The molecule has 2 rings (SSSR count). The van der Waals surface area contributed by atoms with Gasteiger partial charge in [-0.25, -0.2) is 43.9 Å². The van der Waals surface area contributed by atoms with Gasteiger partial charge >= 0.3 is 0 Å². The summed E-state index contributed by atoms with van der Waals surface area (Å²) in [7, 11) is -1.74. The molecule has 0 unspecified atom stereocenters. The van der Waals surface area contributed by atoms with E-state index >= 15 is 0 Å². The van der Waals surface area contributed by atoms with Gasteiger partial charge in [-0.05, 0) is 49.8 Å². The number of hydrogen-bond donors (Lipinski definition) is 0. The summed E-state index contributed by atoms with van der Waals surface area (Å²) in [5, 5.41) is 0. The predicted octanol–water partition coefficient (Wildman–Crippen LogP) is 6.15. The molecule has 0 amide bonds. The monoisotopic (exact) mass is 531 g/mol. The van der Waals surface area contributed by atoms with Gasteiger partial charge in [0.25, 0.3) is 0 Å². The first kappa shape index (κ1) is 31.8. The molecule has 0 aliphatic carbocycles. The van der Waals surface area contributed by atoms with E-state index in [4.69, 9.17) is 0 Å². The van der Waals surface area contributed by atoms with Gasteiger partial charge in [0.2, 0.25) is 7.28 Å². The molecule has 2 aromatic carbocycles. The fraction of sp³-hybridized carbons (Fsp3) is 0.500. The molecule has 0 fully saturated rings. The van der Waals surface area contributed by atoms with Crippen molar-refractivity contribution in [2.75, 3.05) is 19.6 Å². The van der Waals surface area contributed by atoms with Gasteiger partial charge in [-0.2, -0.15) is 0 Å². The summed E-state index contributed by atoms with van der Waals surface area (Å²) >= 11 is 0. The fourth-order valence-corrected chi connectivity index (χ4v) is 3.27. The van der Waals surface area contributed by atoms with Gasteiger partial charge in [0.15, 0.2) is 58.2 Å². The molecule has 0 aromatic heterocycles. The van der Waals surface area contributed by atoms with Crippen LogP contribution in [-0.4, -0.2) is 31.8 Å². The molecule has 36 heavy (non-hydrogen) atoms. The minimum absolute atomic E-state index is 1.32. The first-order valence-electron chi connectivity index (χ1n) is 11.7. The maximum atomic E-state index is 13.4. The summed E-state index contributed by atoms with van der Waals surface area (Å²) in [4.78, 5) is 2.64. The van der Waals surface area contributed by atoms with Gasteiger partial charge in [-0.1, -0.05) is 40.0 Å². The first-order chi connectivity index (χ1) is 16.9. The van der Waals surface area contributed by atoms with Gasteiger partial charge in [0.05, 0.1) is 0 Å². The van der Waals surface area contributed by atoms with Crippen LogP contribution in [0.5, 0.6) is 0 Å². The molecule has 0 saturated carbocycles. The van der Waals surface area contributed by atoms with Crippen LogP contribution in [0.2, 0.25) is 0 Å². The van der Waals surface area contributed by atoms with E-state index in [-0.39, 0.29) is 0 Å². The maximum Gasteiger partial charge on any atom is 0.208 e. The Balaban J connectivity index is 0.000000426. The smallest absolute Gasteiger partial charge is 0.208 e. The van der Waals surface area contributed by atoms with Gasteiger partial charge in [0.1, 0.15) is 0 Å². The standard InChI is InChI=1S/C12HBF10.C12H27N/c14-3-1(4(15)8(19)11(22)7(3)18)13-2-5(16)9(20)12(23)10(21)6(2)17;1-4-7-10-13(11-8-5-2)12-9-6-3/h13H;4-12H2,1-3H3. The maximum absolute atomic E-state index is 13.4. The van der Waals surface area contributed by atoms with E-state index in [1.165, 1.54) is 58.2 Å². The lowest BCUT2D eigenvalue weighted by atomic mass is 9.62. The van der Waals surface area contributed by atoms with Crippen molar-refractivity contribution in [2.24, 2.45) is 0 Å². The van der Waals surface area contributed by atoms with Crippen LogP contribution in [0.1, 0.15) is 59.3 Å². The van der Waals surface area contributed by atoms with Crippen molar-refractivity contribution in [2.45, 2.75) is 59.3 Å². The Morgan fingerprint density at radius 1 is 0.417 bits per heavy atom. The van der Waals surface area contributed by atoms with Crippen molar-refractivity contribution in [1.82, 2.24) is 4.90 Å². The molecule has 1 nitrogen and oxygen atoms in total. The molecule has 0 aliphatic heterocycles. The Kier molecular flexibility index (Phi) is 13.4. The van der Waals surface area contributed by atoms with Crippen molar-refractivity contribution in [3.63, 3.8) is 0 Å². The first-order valence-corrected chi connectivity index (χ1v) is 11.7. The minimum Gasteiger partial charge on any atom is -0.303 e. The molecular weight excluding hydrogens is 503 g/mol. The van der Waals surface area contributed by atoms with Gasteiger partial charge in [-0.15, -0.1) is 0 Å².